The number of amides is 1. The number of benzene rings is 1. The second-order valence-corrected chi connectivity index (χ2v) is 9.63. The van der Waals surface area contributed by atoms with Crippen molar-refractivity contribution in [3.63, 3.8) is 0 Å². The lowest BCUT2D eigenvalue weighted by atomic mass is 9.87. The van der Waals surface area contributed by atoms with Crippen LogP contribution in [0.3, 0.4) is 0 Å². The van der Waals surface area contributed by atoms with Gasteiger partial charge in [0.25, 0.3) is 0 Å². The maximum atomic E-state index is 12.7. The Morgan fingerprint density at radius 3 is 2.22 bits per heavy atom. The summed E-state index contributed by atoms with van der Waals surface area (Å²) in [5.41, 5.74) is 0.972. The Hall–Kier alpha value is -2.12. The van der Waals surface area contributed by atoms with E-state index in [2.05, 4.69) is 30.8 Å². The van der Waals surface area contributed by atoms with E-state index in [-0.39, 0.29) is 22.8 Å². The summed E-state index contributed by atoms with van der Waals surface area (Å²) in [5.74, 6) is -0.00649. The van der Waals surface area contributed by atoms with E-state index in [1.807, 2.05) is 0 Å². The highest BCUT2D eigenvalue weighted by molar-refractivity contribution is 7.89. The zero-order valence-corrected chi connectivity index (χ0v) is 17.3. The first kappa shape index (κ1) is 21.2. The van der Waals surface area contributed by atoms with Crippen LogP contribution >= 0.6 is 0 Å². The van der Waals surface area contributed by atoms with E-state index in [1.54, 1.807) is 50.2 Å². The average Bonchev–Trinajstić information content (AvgIpc) is 3.10. The second-order valence-electron chi connectivity index (χ2n) is 7.91. The zero-order valence-electron chi connectivity index (χ0n) is 16.4. The smallest absolute Gasteiger partial charge is 0.241 e. The lowest BCUT2D eigenvalue weighted by Crippen LogP contribution is -2.49. The van der Waals surface area contributed by atoms with Gasteiger partial charge in [-0.15, -0.1) is 0 Å². The largest absolute Gasteiger partial charge is 0.467 e. The maximum absolute atomic E-state index is 12.7. The molecule has 1 amide bonds. The Bertz CT molecular complexity index is 848. The molecule has 0 saturated carbocycles. The van der Waals surface area contributed by atoms with Crippen LogP contribution in [0, 0.1) is 5.92 Å². The molecule has 0 bridgehead atoms. The minimum absolute atomic E-state index is 0.0675. The Kier molecular flexibility index (Phi) is 6.49. The lowest BCUT2D eigenvalue weighted by molar-refractivity contribution is -0.123. The van der Waals surface area contributed by atoms with Crippen LogP contribution in [-0.2, 0) is 26.8 Å². The molecule has 2 N–H and O–H groups in total. The molecule has 0 aliphatic heterocycles. The molecule has 7 heteroatoms. The van der Waals surface area contributed by atoms with Crippen LogP contribution in [0.25, 0.3) is 0 Å². The molecule has 6 nitrogen and oxygen atoms in total. The fourth-order valence-electron chi connectivity index (χ4n) is 2.56. The minimum Gasteiger partial charge on any atom is -0.467 e. The van der Waals surface area contributed by atoms with Gasteiger partial charge in [0.2, 0.25) is 15.9 Å². The first-order valence-corrected chi connectivity index (χ1v) is 10.4. The van der Waals surface area contributed by atoms with Crippen LogP contribution in [0.1, 0.15) is 45.9 Å². The van der Waals surface area contributed by atoms with Gasteiger partial charge in [-0.25, -0.2) is 8.42 Å². The summed E-state index contributed by atoms with van der Waals surface area (Å²) in [5, 5.41) is 2.71. The van der Waals surface area contributed by atoms with E-state index in [1.165, 1.54) is 6.26 Å². The SMILES string of the molecule is CC(C)[C@H](NS(=O)(=O)c1ccc(C(C)(C)C)cc1)C(=O)NCc1ccco1. The standard InChI is InChI=1S/C20H28N2O4S/c1-14(2)18(19(23)21-13-16-7-6-12-26-16)22-27(24,25)17-10-8-15(9-11-17)20(3,4)5/h6-12,14,18,22H,13H2,1-5H3,(H,21,23)/t18-/m0/s1. The molecule has 1 atom stereocenters. The van der Waals surface area contributed by atoms with Crippen LogP contribution in [0.15, 0.2) is 52.0 Å². The summed E-state index contributed by atoms with van der Waals surface area (Å²) in [6, 6.07) is 9.33. The quantitative estimate of drug-likeness (QED) is 0.757. The molecule has 0 fully saturated rings. The summed E-state index contributed by atoms with van der Waals surface area (Å²) in [7, 11) is -3.82. The molecule has 0 unspecified atom stereocenters. The fraction of sp³-hybridized carbons (Fsp3) is 0.450. The van der Waals surface area contributed by atoms with Gasteiger partial charge in [-0.1, -0.05) is 46.8 Å². The number of hydrogen-bond donors (Lipinski definition) is 2. The van der Waals surface area contributed by atoms with Gasteiger partial charge >= 0.3 is 0 Å². The van der Waals surface area contributed by atoms with Crippen molar-refractivity contribution < 1.29 is 17.6 Å². The van der Waals surface area contributed by atoms with Crippen molar-refractivity contribution in [3.8, 4) is 0 Å². The minimum atomic E-state index is -3.82. The van der Waals surface area contributed by atoms with Gasteiger partial charge in [-0.3, -0.25) is 4.79 Å². The number of hydrogen-bond acceptors (Lipinski definition) is 4. The summed E-state index contributed by atoms with van der Waals surface area (Å²) < 4.78 is 33.2. The number of carbonyl (C=O) groups excluding carboxylic acids is 1. The van der Waals surface area contributed by atoms with E-state index < -0.39 is 22.0 Å². The number of carbonyl (C=O) groups is 1. The molecule has 1 aromatic carbocycles. The summed E-state index contributed by atoms with van der Waals surface area (Å²) >= 11 is 0. The Morgan fingerprint density at radius 1 is 1.11 bits per heavy atom. The van der Waals surface area contributed by atoms with Crippen LogP contribution in [0.2, 0.25) is 0 Å². The van der Waals surface area contributed by atoms with Crippen molar-refractivity contribution in [1.29, 1.82) is 0 Å². The van der Waals surface area contributed by atoms with Crippen LogP contribution in [0.4, 0.5) is 0 Å². The van der Waals surface area contributed by atoms with Crippen molar-refractivity contribution in [2.75, 3.05) is 0 Å². The predicted octanol–water partition coefficient (Wildman–Crippen LogP) is 3.20. The van der Waals surface area contributed by atoms with E-state index in [0.29, 0.717) is 5.76 Å². The van der Waals surface area contributed by atoms with E-state index in [9.17, 15) is 13.2 Å². The van der Waals surface area contributed by atoms with Crippen LogP contribution < -0.4 is 10.0 Å². The molecular formula is C20H28N2O4S. The summed E-state index contributed by atoms with van der Waals surface area (Å²) in [4.78, 5) is 12.6. The molecule has 0 saturated heterocycles. The van der Waals surface area contributed by atoms with Crippen molar-refractivity contribution >= 4 is 15.9 Å². The second kappa shape index (κ2) is 8.27. The third-order valence-electron chi connectivity index (χ3n) is 4.28. The monoisotopic (exact) mass is 392 g/mol. The van der Waals surface area contributed by atoms with Crippen molar-refractivity contribution in [1.82, 2.24) is 10.0 Å². The van der Waals surface area contributed by atoms with E-state index >= 15 is 0 Å². The van der Waals surface area contributed by atoms with Gasteiger partial charge in [0.15, 0.2) is 0 Å². The molecule has 1 heterocycles. The number of rotatable bonds is 7. The third-order valence-corrected chi connectivity index (χ3v) is 5.74. The van der Waals surface area contributed by atoms with Crippen LogP contribution in [-0.4, -0.2) is 20.4 Å². The fourth-order valence-corrected chi connectivity index (χ4v) is 3.90. The Labute approximate surface area is 161 Å². The topological polar surface area (TPSA) is 88.4 Å². The molecule has 0 aliphatic carbocycles. The highest BCUT2D eigenvalue weighted by atomic mass is 32.2. The Balaban J connectivity index is 2.12. The van der Waals surface area contributed by atoms with Crippen LogP contribution in [0.5, 0.6) is 0 Å². The summed E-state index contributed by atoms with van der Waals surface area (Å²) in [6.45, 7) is 9.98. The first-order valence-electron chi connectivity index (χ1n) is 8.93. The highest BCUT2D eigenvalue weighted by Gasteiger charge is 2.28. The lowest BCUT2D eigenvalue weighted by Gasteiger charge is -2.22. The van der Waals surface area contributed by atoms with Crippen molar-refractivity contribution in [2.45, 2.75) is 57.5 Å². The van der Waals surface area contributed by atoms with Gasteiger partial charge in [-0.05, 0) is 41.2 Å². The van der Waals surface area contributed by atoms with Gasteiger partial charge in [0, 0.05) is 0 Å². The molecular weight excluding hydrogens is 364 g/mol. The van der Waals surface area contributed by atoms with Gasteiger partial charge in [0.05, 0.1) is 17.7 Å². The van der Waals surface area contributed by atoms with Crippen molar-refractivity contribution in [3.05, 3.63) is 54.0 Å². The molecule has 2 rings (SSSR count). The molecule has 1 aromatic heterocycles. The number of furan rings is 1. The molecule has 2 aromatic rings. The number of nitrogens with one attached hydrogen (secondary N) is 2. The molecule has 27 heavy (non-hydrogen) atoms. The normalized spacial score (nSPS) is 13.6. The average molecular weight is 393 g/mol. The Morgan fingerprint density at radius 2 is 1.74 bits per heavy atom. The van der Waals surface area contributed by atoms with E-state index in [0.717, 1.165) is 5.56 Å². The molecule has 0 radical (unpaired) electrons. The zero-order chi connectivity index (χ0) is 20.2. The maximum Gasteiger partial charge on any atom is 0.241 e. The highest BCUT2D eigenvalue weighted by Crippen LogP contribution is 2.23. The van der Waals surface area contributed by atoms with Gasteiger partial charge in [-0.2, -0.15) is 4.72 Å². The van der Waals surface area contributed by atoms with E-state index in [4.69, 9.17) is 4.42 Å². The molecule has 0 aliphatic rings. The molecule has 148 valence electrons. The number of sulfonamides is 1. The predicted molar refractivity (Wildman–Crippen MR) is 105 cm³/mol. The molecule has 0 spiro atoms. The van der Waals surface area contributed by atoms with Gasteiger partial charge in [0.1, 0.15) is 11.8 Å². The summed E-state index contributed by atoms with van der Waals surface area (Å²) in [6.07, 6.45) is 1.52. The first-order chi connectivity index (χ1) is 12.5. The third kappa shape index (κ3) is 5.68. The van der Waals surface area contributed by atoms with Gasteiger partial charge < -0.3 is 9.73 Å². The van der Waals surface area contributed by atoms with Crippen molar-refractivity contribution in [2.24, 2.45) is 5.92 Å².